The predicted octanol–water partition coefficient (Wildman–Crippen LogP) is 2.45. The number of hydrogen-bond donors (Lipinski definition) is 2. The molecule has 0 aliphatic rings. The van der Waals surface area contributed by atoms with E-state index in [-0.39, 0.29) is 4.90 Å². The highest BCUT2D eigenvalue weighted by molar-refractivity contribution is 7.93. The summed E-state index contributed by atoms with van der Waals surface area (Å²) in [7, 11) is -3.67. The minimum atomic E-state index is -3.67. The van der Waals surface area contributed by atoms with E-state index in [1.54, 1.807) is 31.5 Å². The third-order valence-electron chi connectivity index (χ3n) is 2.88. The zero-order valence-corrected chi connectivity index (χ0v) is 12.5. The highest BCUT2D eigenvalue weighted by Gasteiger charge is 2.22. The number of hydrogen-bond acceptors (Lipinski definition) is 5. The van der Waals surface area contributed by atoms with Crippen LogP contribution in [-0.2, 0) is 10.0 Å². The Bertz CT molecular complexity index is 707. The van der Waals surface area contributed by atoms with Gasteiger partial charge in [0.15, 0.2) is 5.13 Å². The first-order chi connectivity index (χ1) is 8.83. The van der Waals surface area contributed by atoms with Crippen molar-refractivity contribution in [2.75, 3.05) is 10.5 Å². The number of sulfonamides is 1. The molecule has 2 aromatic rings. The molecule has 1 aromatic carbocycles. The van der Waals surface area contributed by atoms with Gasteiger partial charge >= 0.3 is 0 Å². The first-order valence-corrected chi connectivity index (χ1v) is 7.98. The molecule has 0 unspecified atom stereocenters. The molecule has 7 heteroatoms. The number of nitrogen functional groups attached to an aromatic ring is 1. The molecule has 0 bridgehead atoms. The van der Waals surface area contributed by atoms with Crippen molar-refractivity contribution in [3.63, 3.8) is 0 Å². The molecule has 102 valence electrons. The second-order valence-corrected chi connectivity index (χ2v) is 6.83. The fourth-order valence-electron chi connectivity index (χ4n) is 2.04. The van der Waals surface area contributed by atoms with E-state index in [1.807, 2.05) is 6.92 Å². The number of nitrogens with one attached hydrogen (secondary N) is 1. The zero-order valence-electron chi connectivity index (χ0n) is 10.9. The molecule has 0 spiro atoms. The molecule has 3 N–H and O–H groups in total. The summed E-state index contributed by atoms with van der Waals surface area (Å²) in [6, 6.07) is 1.78. The van der Waals surface area contributed by atoms with Gasteiger partial charge in [0.2, 0.25) is 0 Å². The van der Waals surface area contributed by atoms with Crippen molar-refractivity contribution in [1.82, 2.24) is 4.98 Å². The maximum absolute atomic E-state index is 12.4. The zero-order chi connectivity index (χ0) is 14.2. The topological polar surface area (TPSA) is 85.1 Å². The number of thiazole rings is 1. The Morgan fingerprint density at radius 2 is 1.95 bits per heavy atom. The average molecular weight is 297 g/mol. The third kappa shape index (κ3) is 2.57. The number of nitrogens with two attached hydrogens (primary N) is 1. The Hall–Kier alpha value is -1.60. The van der Waals surface area contributed by atoms with Gasteiger partial charge in [-0.3, -0.25) is 4.72 Å². The monoisotopic (exact) mass is 297 g/mol. The quantitative estimate of drug-likeness (QED) is 0.852. The molecule has 0 saturated heterocycles. The number of aryl methyl sites for hydroxylation is 2. The maximum atomic E-state index is 12.4. The first kappa shape index (κ1) is 13.8. The number of aromatic nitrogens is 1. The van der Waals surface area contributed by atoms with E-state index < -0.39 is 10.0 Å². The van der Waals surface area contributed by atoms with Gasteiger partial charge in [0.05, 0.1) is 4.90 Å². The lowest BCUT2D eigenvalue weighted by Gasteiger charge is -2.15. The van der Waals surface area contributed by atoms with Gasteiger partial charge in [0, 0.05) is 17.3 Å². The Morgan fingerprint density at radius 3 is 2.53 bits per heavy atom. The highest BCUT2D eigenvalue weighted by atomic mass is 32.2. The van der Waals surface area contributed by atoms with Crippen LogP contribution in [0.3, 0.4) is 0 Å². The number of benzene rings is 1. The van der Waals surface area contributed by atoms with E-state index in [0.29, 0.717) is 21.9 Å². The summed E-state index contributed by atoms with van der Waals surface area (Å²) in [6.45, 7) is 5.33. The lowest BCUT2D eigenvalue weighted by molar-refractivity contribution is 0.600. The summed E-state index contributed by atoms with van der Waals surface area (Å²) in [4.78, 5) is 4.15. The van der Waals surface area contributed by atoms with Crippen molar-refractivity contribution in [3.8, 4) is 0 Å². The van der Waals surface area contributed by atoms with E-state index in [2.05, 4.69) is 9.71 Å². The number of anilines is 2. The molecule has 0 fully saturated rings. The predicted molar refractivity (Wildman–Crippen MR) is 78.0 cm³/mol. The second-order valence-electron chi connectivity index (χ2n) is 4.32. The Balaban J connectivity index is 2.55. The fourth-order valence-corrected chi connectivity index (χ4v) is 4.31. The van der Waals surface area contributed by atoms with Crippen molar-refractivity contribution in [2.45, 2.75) is 25.7 Å². The molecule has 1 heterocycles. The average Bonchev–Trinajstić information content (AvgIpc) is 2.77. The normalized spacial score (nSPS) is 11.5. The molecule has 0 saturated carbocycles. The molecule has 0 amide bonds. The summed E-state index contributed by atoms with van der Waals surface area (Å²) in [6.07, 6.45) is 1.55. The summed E-state index contributed by atoms with van der Waals surface area (Å²) in [5.74, 6) is 0. The highest BCUT2D eigenvalue weighted by Crippen LogP contribution is 2.29. The van der Waals surface area contributed by atoms with Gasteiger partial charge in [0.25, 0.3) is 10.0 Å². The Kier molecular flexibility index (Phi) is 3.51. The third-order valence-corrected chi connectivity index (χ3v) is 5.33. The van der Waals surface area contributed by atoms with Crippen molar-refractivity contribution >= 4 is 32.2 Å². The molecule has 1 aromatic heterocycles. The Morgan fingerprint density at radius 1 is 1.26 bits per heavy atom. The maximum Gasteiger partial charge on any atom is 0.264 e. The minimum Gasteiger partial charge on any atom is -0.398 e. The van der Waals surface area contributed by atoms with Crippen molar-refractivity contribution < 1.29 is 8.42 Å². The number of nitrogens with zero attached hydrogens (tertiary/aromatic N) is 1. The summed E-state index contributed by atoms with van der Waals surface area (Å²) in [5.41, 5.74) is 8.54. The van der Waals surface area contributed by atoms with Crippen LogP contribution in [0.15, 0.2) is 22.5 Å². The smallest absolute Gasteiger partial charge is 0.264 e. The molecule has 19 heavy (non-hydrogen) atoms. The van der Waals surface area contributed by atoms with E-state index in [0.717, 1.165) is 5.56 Å². The van der Waals surface area contributed by atoms with Crippen LogP contribution in [0.4, 0.5) is 10.8 Å². The van der Waals surface area contributed by atoms with Crippen LogP contribution in [0.2, 0.25) is 0 Å². The molecular formula is C12H15N3O2S2. The summed E-state index contributed by atoms with van der Waals surface area (Å²) >= 11 is 1.23. The lowest BCUT2D eigenvalue weighted by Crippen LogP contribution is -2.16. The van der Waals surface area contributed by atoms with E-state index in [4.69, 9.17) is 5.73 Å². The molecule has 5 nitrogen and oxygen atoms in total. The molecular weight excluding hydrogens is 282 g/mol. The SMILES string of the molecule is Cc1cc(C)c(S(=O)(=O)Nc2nccs2)c(C)c1N. The summed E-state index contributed by atoms with van der Waals surface area (Å²) in [5, 5.41) is 2.05. The molecule has 0 aliphatic carbocycles. The van der Waals surface area contributed by atoms with Gasteiger partial charge in [0.1, 0.15) is 0 Å². The van der Waals surface area contributed by atoms with Gasteiger partial charge in [-0.25, -0.2) is 13.4 Å². The van der Waals surface area contributed by atoms with Gasteiger partial charge in [-0.05, 0) is 37.5 Å². The van der Waals surface area contributed by atoms with Gasteiger partial charge in [-0.1, -0.05) is 6.07 Å². The van der Waals surface area contributed by atoms with Crippen molar-refractivity contribution in [2.24, 2.45) is 0 Å². The standard InChI is InChI=1S/C12H15N3O2S2/c1-7-6-8(2)11(9(3)10(7)13)19(16,17)15-12-14-4-5-18-12/h4-6H,13H2,1-3H3,(H,14,15). The lowest BCUT2D eigenvalue weighted by atomic mass is 10.1. The minimum absolute atomic E-state index is 0.228. The molecule has 2 rings (SSSR count). The number of rotatable bonds is 3. The van der Waals surface area contributed by atoms with Gasteiger partial charge < -0.3 is 5.73 Å². The summed E-state index contributed by atoms with van der Waals surface area (Å²) < 4.78 is 27.3. The van der Waals surface area contributed by atoms with Crippen LogP contribution in [0, 0.1) is 20.8 Å². The molecule has 0 atom stereocenters. The van der Waals surface area contributed by atoms with Crippen LogP contribution < -0.4 is 10.5 Å². The fraction of sp³-hybridized carbons (Fsp3) is 0.250. The van der Waals surface area contributed by atoms with Gasteiger partial charge in [-0.15, -0.1) is 11.3 Å². The van der Waals surface area contributed by atoms with E-state index >= 15 is 0 Å². The first-order valence-electron chi connectivity index (χ1n) is 5.61. The van der Waals surface area contributed by atoms with Crippen molar-refractivity contribution in [1.29, 1.82) is 0 Å². The van der Waals surface area contributed by atoms with Crippen LogP contribution >= 0.6 is 11.3 Å². The van der Waals surface area contributed by atoms with Crippen LogP contribution in [-0.4, -0.2) is 13.4 Å². The van der Waals surface area contributed by atoms with E-state index in [9.17, 15) is 8.42 Å². The largest absolute Gasteiger partial charge is 0.398 e. The van der Waals surface area contributed by atoms with Crippen molar-refractivity contribution in [3.05, 3.63) is 34.3 Å². The van der Waals surface area contributed by atoms with Crippen LogP contribution in [0.5, 0.6) is 0 Å². The van der Waals surface area contributed by atoms with Crippen LogP contribution in [0.25, 0.3) is 0 Å². The van der Waals surface area contributed by atoms with Crippen LogP contribution in [0.1, 0.15) is 16.7 Å². The molecule has 0 radical (unpaired) electrons. The van der Waals surface area contributed by atoms with E-state index in [1.165, 1.54) is 11.3 Å². The van der Waals surface area contributed by atoms with Gasteiger partial charge in [-0.2, -0.15) is 0 Å². The second kappa shape index (κ2) is 4.82. The Labute approximate surface area is 116 Å². The molecule has 0 aliphatic heterocycles.